The Labute approximate surface area is 142 Å². The summed E-state index contributed by atoms with van der Waals surface area (Å²) in [7, 11) is 0. The summed E-state index contributed by atoms with van der Waals surface area (Å²) >= 11 is 1.38. The molecule has 0 radical (unpaired) electrons. The van der Waals surface area contributed by atoms with Crippen molar-refractivity contribution < 1.29 is 14.4 Å². The van der Waals surface area contributed by atoms with Gasteiger partial charge in [0.15, 0.2) is 0 Å². The molecule has 1 N–H and O–H groups in total. The van der Waals surface area contributed by atoms with Crippen LogP contribution < -0.4 is 0 Å². The van der Waals surface area contributed by atoms with E-state index in [9.17, 15) is 14.4 Å². The predicted octanol–water partition coefficient (Wildman–Crippen LogP) is 1.05. The number of aliphatic imine (C=N–C) groups is 1. The highest BCUT2D eigenvalue weighted by Crippen LogP contribution is 2.30. The first-order chi connectivity index (χ1) is 11.6. The lowest BCUT2D eigenvalue weighted by Gasteiger charge is -2.38. The lowest BCUT2D eigenvalue weighted by atomic mass is 10.0. The zero-order chi connectivity index (χ0) is 16.7. The minimum absolute atomic E-state index is 0.113. The molecule has 1 aromatic heterocycles. The quantitative estimate of drug-likeness (QED) is 0.864. The minimum Gasteiger partial charge on any atom is -0.337 e. The van der Waals surface area contributed by atoms with Crippen molar-refractivity contribution in [3.8, 4) is 0 Å². The number of likely N-dealkylation sites (tertiary alicyclic amines) is 1. The van der Waals surface area contributed by atoms with E-state index in [1.165, 1.54) is 22.9 Å². The first kappa shape index (κ1) is 15.1. The number of hydrogen-bond donors (Lipinski definition) is 1. The topological polar surface area (TPSA) is 98.7 Å². The van der Waals surface area contributed by atoms with Crippen LogP contribution in [0, 0.1) is 0 Å². The van der Waals surface area contributed by atoms with E-state index in [2.05, 4.69) is 15.2 Å². The SMILES string of the molecule is O=C(c1ccn[nH]1)N1CCC(N2C(=O)N=C3C=CSC3C2=O)CC1. The van der Waals surface area contributed by atoms with Gasteiger partial charge in [0.25, 0.3) is 11.8 Å². The number of rotatable bonds is 2. The first-order valence-electron chi connectivity index (χ1n) is 7.71. The van der Waals surface area contributed by atoms with Gasteiger partial charge in [-0.2, -0.15) is 10.1 Å². The number of hydrogen-bond acceptors (Lipinski definition) is 5. The molecule has 8 nitrogen and oxygen atoms in total. The van der Waals surface area contributed by atoms with Gasteiger partial charge in [0.1, 0.15) is 10.9 Å². The Balaban J connectivity index is 1.44. The molecule has 3 aliphatic heterocycles. The smallest absolute Gasteiger partial charge is 0.337 e. The van der Waals surface area contributed by atoms with Crippen LogP contribution in [0.1, 0.15) is 23.3 Å². The van der Waals surface area contributed by atoms with Gasteiger partial charge in [0, 0.05) is 25.3 Å². The van der Waals surface area contributed by atoms with Gasteiger partial charge in [-0.15, -0.1) is 11.8 Å². The van der Waals surface area contributed by atoms with Crippen LogP contribution >= 0.6 is 11.8 Å². The Morgan fingerprint density at radius 3 is 2.79 bits per heavy atom. The van der Waals surface area contributed by atoms with Crippen LogP contribution in [-0.2, 0) is 4.79 Å². The molecule has 4 rings (SSSR count). The largest absolute Gasteiger partial charge is 0.350 e. The Morgan fingerprint density at radius 2 is 2.08 bits per heavy atom. The number of aromatic nitrogens is 2. The number of imide groups is 1. The van der Waals surface area contributed by atoms with Gasteiger partial charge in [-0.3, -0.25) is 19.6 Å². The second kappa shape index (κ2) is 5.90. The average Bonchev–Trinajstić information content (AvgIpc) is 3.26. The van der Waals surface area contributed by atoms with Crippen molar-refractivity contribution in [1.29, 1.82) is 0 Å². The number of nitrogens with one attached hydrogen (secondary N) is 1. The number of carbonyl (C=O) groups is 3. The van der Waals surface area contributed by atoms with Crippen LogP contribution in [-0.4, -0.2) is 67.9 Å². The molecule has 4 amide bonds. The monoisotopic (exact) mass is 345 g/mol. The van der Waals surface area contributed by atoms with E-state index in [1.54, 1.807) is 22.5 Å². The predicted molar refractivity (Wildman–Crippen MR) is 87.7 cm³/mol. The normalized spacial score (nSPS) is 24.3. The zero-order valence-electron chi connectivity index (χ0n) is 12.7. The van der Waals surface area contributed by atoms with Crippen LogP contribution in [0.4, 0.5) is 4.79 Å². The molecule has 1 atom stereocenters. The Hall–Kier alpha value is -2.42. The van der Waals surface area contributed by atoms with E-state index in [4.69, 9.17) is 0 Å². The van der Waals surface area contributed by atoms with Crippen molar-refractivity contribution in [2.24, 2.45) is 4.99 Å². The molecule has 3 aliphatic rings. The molecule has 124 valence electrons. The number of carbonyl (C=O) groups excluding carboxylic acids is 3. The maximum Gasteiger partial charge on any atom is 0.350 e. The molecule has 0 spiro atoms. The fourth-order valence-corrected chi connectivity index (χ4v) is 4.09. The summed E-state index contributed by atoms with van der Waals surface area (Å²) in [6.45, 7) is 0.985. The maximum atomic E-state index is 12.6. The third-order valence-electron chi connectivity index (χ3n) is 4.46. The second-order valence-electron chi connectivity index (χ2n) is 5.84. The van der Waals surface area contributed by atoms with Crippen LogP contribution in [0.15, 0.2) is 28.7 Å². The van der Waals surface area contributed by atoms with E-state index in [0.29, 0.717) is 37.3 Å². The van der Waals surface area contributed by atoms with Crippen LogP contribution in [0.5, 0.6) is 0 Å². The molecule has 9 heteroatoms. The highest BCUT2D eigenvalue weighted by atomic mass is 32.2. The molecule has 0 bridgehead atoms. The fourth-order valence-electron chi connectivity index (χ4n) is 3.22. The average molecular weight is 345 g/mol. The number of amides is 4. The number of thioether (sulfide) groups is 1. The molecular formula is C15H15N5O3S. The van der Waals surface area contributed by atoms with Crippen molar-refractivity contribution in [2.75, 3.05) is 13.1 Å². The van der Waals surface area contributed by atoms with E-state index < -0.39 is 11.3 Å². The van der Waals surface area contributed by atoms with Gasteiger partial charge >= 0.3 is 6.03 Å². The molecule has 0 aromatic carbocycles. The molecule has 1 saturated heterocycles. The van der Waals surface area contributed by atoms with Crippen molar-refractivity contribution in [1.82, 2.24) is 20.0 Å². The summed E-state index contributed by atoms with van der Waals surface area (Å²) in [5.74, 6) is -0.309. The maximum absolute atomic E-state index is 12.6. The van der Waals surface area contributed by atoms with Gasteiger partial charge in [-0.05, 0) is 30.4 Å². The molecule has 1 aromatic rings. The number of allylic oxidation sites excluding steroid dienone is 1. The van der Waals surface area contributed by atoms with Crippen molar-refractivity contribution >= 4 is 35.3 Å². The van der Waals surface area contributed by atoms with Crippen molar-refractivity contribution in [3.63, 3.8) is 0 Å². The first-order valence-corrected chi connectivity index (χ1v) is 8.65. The lowest BCUT2D eigenvalue weighted by molar-refractivity contribution is -0.129. The molecular weight excluding hydrogens is 330 g/mol. The van der Waals surface area contributed by atoms with Gasteiger partial charge < -0.3 is 4.90 Å². The summed E-state index contributed by atoms with van der Waals surface area (Å²) in [4.78, 5) is 44.1. The molecule has 4 heterocycles. The molecule has 24 heavy (non-hydrogen) atoms. The lowest BCUT2D eigenvalue weighted by Crippen LogP contribution is -2.55. The summed E-state index contributed by atoms with van der Waals surface area (Å²) in [6.07, 6.45) is 4.38. The second-order valence-corrected chi connectivity index (χ2v) is 6.86. The zero-order valence-corrected chi connectivity index (χ0v) is 13.5. The third-order valence-corrected chi connectivity index (χ3v) is 5.47. The highest BCUT2D eigenvalue weighted by Gasteiger charge is 2.42. The number of nitrogens with zero attached hydrogens (tertiary/aromatic N) is 4. The van der Waals surface area contributed by atoms with E-state index >= 15 is 0 Å². The highest BCUT2D eigenvalue weighted by molar-refractivity contribution is 8.04. The van der Waals surface area contributed by atoms with Crippen LogP contribution in [0.3, 0.4) is 0 Å². The standard InChI is InChI=1S/C15H15N5O3S/c21-13(11-1-5-16-18-11)19-6-2-9(3-7-19)20-14(22)12-10(4-8-24-12)17-15(20)23/h1,4-5,8-9,12H,2-3,6-7H2,(H,16,18). The van der Waals surface area contributed by atoms with Gasteiger partial charge in [-0.1, -0.05) is 0 Å². The van der Waals surface area contributed by atoms with E-state index in [1.807, 2.05) is 0 Å². The van der Waals surface area contributed by atoms with Gasteiger partial charge in [0.05, 0.1) is 5.71 Å². The Morgan fingerprint density at radius 1 is 1.29 bits per heavy atom. The summed E-state index contributed by atoms with van der Waals surface area (Å²) in [6, 6.07) is 0.936. The van der Waals surface area contributed by atoms with E-state index in [-0.39, 0.29) is 17.9 Å². The van der Waals surface area contributed by atoms with Gasteiger partial charge in [0.2, 0.25) is 0 Å². The van der Waals surface area contributed by atoms with Gasteiger partial charge in [-0.25, -0.2) is 4.79 Å². The number of urea groups is 1. The number of fused-ring (bicyclic) bond motifs is 1. The summed E-state index contributed by atoms with van der Waals surface area (Å²) < 4.78 is 0. The molecule has 1 fully saturated rings. The van der Waals surface area contributed by atoms with Crippen LogP contribution in [0.2, 0.25) is 0 Å². The third kappa shape index (κ3) is 2.44. The van der Waals surface area contributed by atoms with Crippen molar-refractivity contribution in [2.45, 2.75) is 24.1 Å². The van der Waals surface area contributed by atoms with Crippen molar-refractivity contribution in [3.05, 3.63) is 29.4 Å². The Kier molecular flexibility index (Phi) is 3.72. The molecule has 0 saturated carbocycles. The minimum atomic E-state index is -0.489. The van der Waals surface area contributed by atoms with Crippen LogP contribution in [0.25, 0.3) is 0 Å². The number of piperidine rings is 1. The summed E-state index contributed by atoms with van der Waals surface area (Å²) in [5, 5.41) is 7.84. The fraction of sp³-hybridized carbons (Fsp3) is 0.400. The summed E-state index contributed by atoms with van der Waals surface area (Å²) in [5.41, 5.74) is 0.986. The number of aromatic amines is 1. The molecule has 1 unspecified atom stereocenters. The number of H-pyrrole nitrogens is 1. The Bertz CT molecular complexity index is 749. The van der Waals surface area contributed by atoms with E-state index in [0.717, 1.165) is 0 Å². The molecule has 0 aliphatic carbocycles.